The number of ether oxygens (including phenoxy) is 1. The number of aromatic nitrogens is 2. The van der Waals surface area contributed by atoms with Gasteiger partial charge in [-0.05, 0) is 40.8 Å². The second-order valence-corrected chi connectivity index (χ2v) is 7.71. The molecule has 0 radical (unpaired) electrons. The molecule has 0 bridgehead atoms. The number of methoxy groups -OCH3 is 1. The Kier molecular flexibility index (Phi) is 6.60. The normalized spacial score (nSPS) is 11.8. The van der Waals surface area contributed by atoms with Crippen LogP contribution in [0.15, 0.2) is 88.2 Å². The topological polar surface area (TPSA) is 85.2 Å². The van der Waals surface area contributed by atoms with Gasteiger partial charge < -0.3 is 4.74 Å². The van der Waals surface area contributed by atoms with E-state index in [1.807, 2.05) is 66.7 Å². The molecule has 0 fully saturated rings. The summed E-state index contributed by atoms with van der Waals surface area (Å²) in [5.74, 6) is 0.309. The van der Waals surface area contributed by atoms with Crippen LogP contribution in [0.5, 0.6) is 5.75 Å². The quantitative estimate of drug-likeness (QED) is 0.422. The molecule has 1 unspecified atom stereocenters. The first-order valence-electron chi connectivity index (χ1n) is 10.5. The van der Waals surface area contributed by atoms with E-state index in [0.717, 1.165) is 28.0 Å². The second-order valence-electron chi connectivity index (χ2n) is 7.71. The van der Waals surface area contributed by atoms with Crippen molar-refractivity contribution in [3.63, 3.8) is 0 Å². The van der Waals surface area contributed by atoms with Crippen molar-refractivity contribution in [2.45, 2.75) is 25.2 Å². The van der Waals surface area contributed by atoms with Gasteiger partial charge in [-0.3, -0.25) is 14.3 Å². The van der Waals surface area contributed by atoms with Crippen LogP contribution < -0.4 is 10.5 Å². The van der Waals surface area contributed by atoms with Gasteiger partial charge in [0, 0.05) is 18.8 Å². The lowest BCUT2D eigenvalue weighted by Gasteiger charge is -2.14. The number of nitrogens with one attached hydrogen (secondary N) is 1. The number of ketones is 1. The predicted octanol–water partition coefficient (Wildman–Crippen LogP) is 4.57. The van der Waals surface area contributed by atoms with Crippen molar-refractivity contribution in [1.82, 2.24) is 10.1 Å². The maximum atomic E-state index is 12.9. The van der Waals surface area contributed by atoms with E-state index in [2.05, 4.69) is 26.8 Å². The van der Waals surface area contributed by atoms with Crippen LogP contribution in [0.4, 0.5) is 0 Å². The molecule has 6 nitrogen and oxygen atoms in total. The number of Topliss-reactive ketones (excluding diaryl/α,β-unsaturated/α-hetero) is 1. The highest BCUT2D eigenvalue weighted by molar-refractivity contribution is 5.81. The Morgan fingerprint density at radius 3 is 2.22 bits per heavy atom. The Morgan fingerprint density at radius 2 is 1.59 bits per heavy atom. The molecule has 0 aliphatic rings. The number of carbonyl (C=O) groups excluding carboxylic acids is 1. The van der Waals surface area contributed by atoms with Gasteiger partial charge in [0.1, 0.15) is 11.5 Å². The molecule has 0 amide bonds. The van der Waals surface area contributed by atoms with E-state index in [-0.39, 0.29) is 18.1 Å². The number of carbonyl (C=O) groups is 1. The van der Waals surface area contributed by atoms with Gasteiger partial charge in [-0.2, -0.15) is 0 Å². The highest BCUT2D eigenvalue weighted by atomic mass is 16.5. The standard InChI is InChI=1S/C26H24N2O4/c1-31-24-13-9-18(10-14-24)15-22(25-27-26(30)32-28-25)17-23(29)16-19-7-11-21(12-8-19)20-5-3-2-4-6-20/h2-14,22H,15-17H2,1H3,(H,27,28,30). The fourth-order valence-electron chi connectivity index (χ4n) is 3.75. The summed E-state index contributed by atoms with van der Waals surface area (Å²) in [5, 5.41) is 3.83. The lowest BCUT2D eigenvalue weighted by molar-refractivity contribution is -0.118. The van der Waals surface area contributed by atoms with Gasteiger partial charge >= 0.3 is 5.76 Å². The smallest absolute Gasteiger partial charge is 0.438 e. The van der Waals surface area contributed by atoms with Gasteiger partial charge in [0.2, 0.25) is 0 Å². The first kappa shape index (κ1) is 21.3. The third-order valence-corrected chi connectivity index (χ3v) is 5.42. The maximum Gasteiger partial charge on any atom is 0.438 e. The zero-order valence-electron chi connectivity index (χ0n) is 17.8. The third kappa shape index (κ3) is 5.40. The maximum absolute atomic E-state index is 12.9. The molecular formula is C26H24N2O4. The van der Waals surface area contributed by atoms with Crippen molar-refractivity contribution >= 4 is 5.78 Å². The van der Waals surface area contributed by atoms with Crippen molar-refractivity contribution < 1.29 is 14.1 Å². The van der Waals surface area contributed by atoms with E-state index in [0.29, 0.717) is 18.7 Å². The fraction of sp³-hybridized carbons (Fsp3) is 0.192. The number of H-pyrrole nitrogens is 1. The molecule has 4 aromatic rings. The number of benzene rings is 3. The molecule has 3 aromatic carbocycles. The van der Waals surface area contributed by atoms with E-state index < -0.39 is 5.76 Å². The van der Waals surface area contributed by atoms with Crippen LogP contribution in [0, 0.1) is 0 Å². The number of aromatic amines is 1. The first-order valence-corrected chi connectivity index (χ1v) is 10.5. The summed E-state index contributed by atoms with van der Waals surface area (Å²) in [7, 11) is 1.61. The lowest BCUT2D eigenvalue weighted by Crippen LogP contribution is -2.14. The Labute approximate surface area is 185 Å². The molecule has 32 heavy (non-hydrogen) atoms. The molecule has 0 aliphatic heterocycles. The Morgan fingerprint density at radius 1 is 0.938 bits per heavy atom. The molecule has 162 valence electrons. The van der Waals surface area contributed by atoms with Crippen molar-refractivity contribution in [1.29, 1.82) is 0 Å². The van der Waals surface area contributed by atoms with Crippen molar-refractivity contribution in [3.05, 3.63) is 106 Å². The largest absolute Gasteiger partial charge is 0.497 e. The van der Waals surface area contributed by atoms with Gasteiger partial charge in [0.05, 0.1) is 7.11 Å². The van der Waals surface area contributed by atoms with Crippen LogP contribution in [0.2, 0.25) is 0 Å². The highest BCUT2D eigenvalue weighted by Gasteiger charge is 2.21. The number of nitrogens with zero attached hydrogens (tertiary/aromatic N) is 1. The molecule has 1 N–H and O–H groups in total. The lowest BCUT2D eigenvalue weighted by atomic mass is 9.91. The van der Waals surface area contributed by atoms with Crippen molar-refractivity contribution in [3.8, 4) is 16.9 Å². The highest BCUT2D eigenvalue weighted by Crippen LogP contribution is 2.24. The van der Waals surface area contributed by atoms with Crippen LogP contribution in [-0.4, -0.2) is 23.0 Å². The van der Waals surface area contributed by atoms with Crippen LogP contribution >= 0.6 is 0 Å². The van der Waals surface area contributed by atoms with Crippen molar-refractivity contribution in [2.75, 3.05) is 7.11 Å². The van der Waals surface area contributed by atoms with E-state index >= 15 is 0 Å². The van der Waals surface area contributed by atoms with Crippen LogP contribution in [-0.2, 0) is 17.6 Å². The Hall–Kier alpha value is -3.93. The average Bonchev–Trinajstić information content (AvgIpc) is 3.26. The number of rotatable bonds is 9. The predicted molar refractivity (Wildman–Crippen MR) is 122 cm³/mol. The molecule has 0 spiro atoms. The summed E-state index contributed by atoms with van der Waals surface area (Å²) in [5.41, 5.74) is 4.21. The summed E-state index contributed by atoms with van der Waals surface area (Å²) in [6.07, 6.45) is 1.11. The Bertz CT molecular complexity index is 1210. The molecule has 1 heterocycles. The molecule has 0 aliphatic carbocycles. The van der Waals surface area contributed by atoms with E-state index in [1.165, 1.54) is 0 Å². The summed E-state index contributed by atoms with van der Waals surface area (Å²) in [6, 6.07) is 25.8. The van der Waals surface area contributed by atoms with Crippen LogP contribution in [0.1, 0.15) is 29.3 Å². The minimum atomic E-state index is -0.622. The number of hydrogen-bond acceptors (Lipinski definition) is 5. The van der Waals surface area contributed by atoms with E-state index in [1.54, 1.807) is 7.11 Å². The van der Waals surface area contributed by atoms with E-state index in [4.69, 9.17) is 4.74 Å². The zero-order valence-corrected chi connectivity index (χ0v) is 17.8. The van der Waals surface area contributed by atoms with E-state index in [9.17, 15) is 9.59 Å². The zero-order chi connectivity index (χ0) is 22.3. The minimum absolute atomic E-state index is 0.0693. The van der Waals surface area contributed by atoms with Gasteiger partial charge in [-0.25, -0.2) is 4.79 Å². The molecule has 1 aromatic heterocycles. The summed E-state index contributed by atoms with van der Waals surface area (Å²) in [4.78, 5) is 27.0. The SMILES string of the molecule is COc1ccc(CC(CC(=O)Cc2ccc(-c3ccccc3)cc2)c2noc(=O)[nH]2)cc1. The third-order valence-electron chi connectivity index (χ3n) is 5.42. The van der Waals surface area contributed by atoms with Gasteiger partial charge in [0.25, 0.3) is 0 Å². The summed E-state index contributed by atoms with van der Waals surface area (Å²) in [6.45, 7) is 0. The first-order chi connectivity index (χ1) is 15.6. The minimum Gasteiger partial charge on any atom is -0.497 e. The van der Waals surface area contributed by atoms with Gasteiger partial charge in [-0.15, -0.1) is 0 Å². The monoisotopic (exact) mass is 428 g/mol. The molecule has 4 rings (SSSR count). The number of hydrogen-bond donors (Lipinski definition) is 1. The average molecular weight is 428 g/mol. The molecule has 0 saturated heterocycles. The molecule has 0 saturated carbocycles. The Balaban J connectivity index is 1.45. The van der Waals surface area contributed by atoms with Gasteiger partial charge in [0.15, 0.2) is 5.82 Å². The van der Waals surface area contributed by atoms with Crippen LogP contribution in [0.25, 0.3) is 11.1 Å². The molecule has 1 atom stereocenters. The fourth-order valence-corrected chi connectivity index (χ4v) is 3.75. The molecular weight excluding hydrogens is 404 g/mol. The summed E-state index contributed by atoms with van der Waals surface area (Å²) < 4.78 is 9.88. The molecule has 6 heteroatoms. The second kappa shape index (κ2) is 9.92. The van der Waals surface area contributed by atoms with Crippen molar-refractivity contribution in [2.24, 2.45) is 0 Å². The summed E-state index contributed by atoms with van der Waals surface area (Å²) >= 11 is 0. The van der Waals surface area contributed by atoms with Gasteiger partial charge in [-0.1, -0.05) is 71.9 Å². The van der Waals surface area contributed by atoms with Crippen LogP contribution in [0.3, 0.4) is 0 Å².